The summed E-state index contributed by atoms with van der Waals surface area (Å²) in [5.41, 5.74) is 0. The molecule has 2 nitrogen and oxygen atoms in total. The van der Waals surface area contributed by atoms with E-state index in [2.05, 4.69) is 19.2 Å². The molecule has 0 aliphatic heterocycles. The first-order chi connectivity index (χ1) is 6.61. The fourth-order valence-electron chi connectivity index (χ4n) is 1.29. The molecule has 0 bridgehead atoms. The molecular weight excluding hydrogens is 198 g/mol. The van der Waals surface area contributed by atoms with Gasteiger partial charge in [-0.3, -0.25) is 4.79 Å². The van der Waals surface area contributed by atoms with Crippen LogP contribution in [0, 0.1) is 5.92 Å². The standard InChI is InChI=1S/C11H22ClNO/c1-4-6-9(3)11(14)13-8-7-10(12)5-2/h9-10H,4-8H2,1-3H3,(H,13,14). The maximum atomic E-state index is 11.4. The van der Waals surface area contributed by atoms with Crippen LogP contribution in [0.3, 0.4) is 0 Å². The Labute approximate surface area is 92.4 Å². The van der Waals surface area contributed by atoms with Gasteiger partial charge >= 0.3 is 0 Å². The Morgan fingerprint density at radius 1 is 1.36 bits per heavy atom. The van der Waals surface area contributed by atoms with Gasteiger partial charge in [0.1, 0.15) is 0 Å². The van der Waals surface area contributed by atoms with Crippen molar-refractivity contribution in [2.24, 2.45) is 5.92 Å². The molecule has 0 aliphatic rings. The molecule has 0 aromatic heterocycles. The number of hydrogen-bond donors (Lipinski definition) is 1. The molecule has 0 radical (unpaired) electrons. The number of halogens is 1. The summed E-state index contributed by atoms with van der Waals surface area (Å²) >= 11 is 5.94. The Kier molecular flexibility index (Phi) is 7.96. The highest BCUT2D eigenvalue weighted by Gasteiger charge is 2.11. The zero-order valence-electron chi connectivity index (χ0n) is 9.48. The third-order valence-corrected chi connectivity index (χ3v) is 2.90. The van der Waals surface area contributed by atoms with Crippen LogP contribution >= 0.6 is 11.6 Å². The van der Waals surface area contributed by atoms with Gasteiger partial charge in [-0.15, -0.1) is 11.6 Å². The van der Waals surface area contributed by atoms with E-state index in [1.807, 2.05) is 6.92 Å². The average molecular weight is 220 g/mol. The monoisotopic (exact) mass is 219 g/mol. The van der Waals surface area contributed by atoms with Gasteiger partial charge in [-0.05, 0) is 19.3 Å². The van der Waals surface area contributed by atoms with Gasteiger partial charge in [-0.2, -0.15) is 0 Å². The highest BCUT2D eigenvalue weighted by molar-refractivity contribution is 6.20. The summed E-state index contributed by atoms with van der Waals surface area (Å²) in [7, 11) is 0. The normalized spacial score (nSPS) is 14.9. The molecule has 14 heavy (non-hydrogen) atoms. The molecule has 0 spiro atoms. The van der Waals surface area contributed by atoms with Gasteiger partial charge in [-0.25, -0.2) is 0 Å². The van der Waals surface area contributed by atoms with Crippen molar-refractivity contribution >= 4 is 17.5 Å². The van der Waals surface area contributed by atoms with Crippen LogP contribution in [0.5, 0.6) is 0 Å². The molecule has 0 aromatic rings. The van der Waals surface area contributed by atoms with Crippen molar-refractivity contribution < 1.29 is 4.79 Å². The number of alkyl halides is 1. The van der Waals surface area contributed by atoms with E-state index < -0.39 is 0 Å². The minimum absolute atomic E-state index is 0.135. The van der Waals surface area contributed by atoms with Crippen molar-refractivity contribution in [1.82, 2.24) is 5.32 Å². The van der Waals surface area contributed by atoms with Crippen molar-refractivity contribution in [3.8, 4) is 0 Å². The molecule has 1 N–H and O–H groups in total. The molecule has 0 aliphatic carbocycles. The number of rotatable bonds is 7. The quantitative estimate of drug-likeness (QED) is 0.656. The minimum Gasteiger partial charge on any atom is -0.356 e. The van der Waals surface area contributed by atoms with Crippen LogP contribution in [0.15, 0.2) is 0 Å². The van der Waals surface area contributed by atoms with E-state index in [1.54, 1.807) is 0 Å². The largest absolute Gasteiger partial charge is 0.356 e. The van der Waals surface area contributed by atoms with E-state index in [1.165, 1.54) is 0 Å². The average Bonchev–Trinajstić information content (AvgIpc) is 2.17. The number of nitrogens with one attached hydrogen (secondary N) is 1. The second-order valence-electron chi connectivity index (χ2n) is 3.77. The Balaban J connectivity index is 3.53. The lowest BCUT2D eigenvalue weighted by molar-refractivity contribution is -0.124. The van der Waals surface area contributed by atoms with E-state index >= 15 is 0 Å². The molecule has 0 saturated carbocycles. The summed E-state index contributed by atoms with van der Waals surface area (Å²) in [5, 5.41) is 3.10. The first-order valence-electron chi connectivity index (χ1n) is 5.53. The second-order valence-corrected chi connectivity index (χ2v) is 4.39. The molecule has 0 heterocycles. The van der Waals surface area contributed by atoms with E-state index in [4.69, 9.17) is 11.6 Å². The number of carbonyl (C=O) groups is 1. The SMILES string of the molecule is CCCC(C)C(=O)NCCC(Cl)CC. The lowest BCUT2D eigenvalue weighted by Crippen LogP contribution is -2.30. The second kappa shape index (κ2) is 8.10. The third-order valence-electron chi connectivity index (χ3n) is 2.37. The van der Waals surface area contributed by atoms with Crippen LogP contribution in [-0.2, 0) is 4.79 Å². The van der Waals surface area contributed by atoms with Crippen molar-refractivity contribution in [3.63, 3.8) is 0 Å². The number of carbonyl (C=O) groups excluding carboxylic acids is 1. The lowest BCUT2D eigenvalue weighted by atomic mass is 10.1. The van der Waals surface area contributed by atoms with E-state index in [0.717, 1.165) is 25.7 Å². The molecule has 0 rings (SSSR count). The topological polar surface area (TPSA) is 29.1 Å². The van der Waals surface area contributed by atoms with Gasteiger partial charge in [0.25, 0.3) is 0 Å². The molecular formula is C11H22ClNO. The van der Waals surface area contributed by atoms with Gasteiger partial charge in [0.15, 0.2) is 0 Å². The number of hydrogen-bond acceptors (Lipinski definition) is 1. The maximum absolute atomic E-state index is 11.4. The summed E-state index contributed by atoms with van der Waals surface area (Å²) in [6.07, 6.45) is 3.84. The van der Waals surface area contributed by atoms with Crippen LogP contribution in [0.25, 0.3) is 0 Å². The summed E-state index contributed by atoms with van der Waals surface area (Å²) in [6.45, 7) is 6.82. The minimum atomic E-state index is 0.135. The molecule has 0 aromatic carbocycles. The van der Waals surface area contributed by atoms with Gasteiger partial charge in [0, 0.05) is 17.8 Å². The zero-order chi connectivity index (χ0) is 11.0. The molecule has 2 unspecified atom stereocenters. The Morgan fingerprint density at radius 2 is 2.00 bits per heavy atom. The van der Waals surface area contributed by atoms with Crippen LogP contribution in [0.1, 0.15) is 46.5 Å². The molecule has 1 amide bonds. The maximum Gasteiger partial charge on any atom is 0.222 e. The highest BCUT2D eigenvalue weighted by Crippen LogP contribution is 2.07. The predicted molar refractivity (Wildman–Crippen MR) is 61.6 cm³/mol. The van der Waals surface area contributed by atoms with Crippen LogP contribution in [0.4, 0.5) is 0 Å². The third kappa shape index (κ3) is 6.25. The Bertz CT molecular complexity index is 161. The van der Waals surface area contributed by atoms with Crippen molar-refractivity contribution in [2.75, 3.05) is 6.54 Å². The van der Waals surface area contributed by atoms with Crippen molar-refractivity contribution in [3.05, 3.63) is 0 Å². The van der Waals surface area contributed by atoms with Gasteiger partial charge in [0.05, 0.1) is 0 Å². The van der Waals surface area contributed by atoms with Gasteiger partial charge in [0.2, 0.25) is 5.91 Å². The van der Waals surface area contributed by atoms with E-state index in [0.29, 0.717) is 6.54 Å². The molecule has 0 saturated heterocycles. The van der Waals surface area contributed by atoms with E-state index in [-0.39, 0.29) is 17.2 Å². The summed E-state index contributed by atoms with van der Waals surface area (Å²) < 4.78 is 0. The highest BCUT2D eigenvalue weighted by atomic mass is 35.5. The van der Waals surface area contributed by atoms with Crippen LogP contribution in [0.2, 0.25) is 0 Å². The van der Waals surface area contributed by atoms with Crippen molar-refractivity contribution in [2.45, 2.75) is 51.8 Å². The first-order valence-corrected chi connectivity index (χ1v) is 5.97. The predicted octanol–water partition coefficient (Wildman–Crippen LogP) is 2.95. The van der Waals surface area contributed by atoms with Gasteiger partial charge in [-0.1, -0.05) is 27.2 Å². The smallest absolute Gasteiger partial charge is 0.222 e. The Morgan fingerprint density at radius 3 is 2.50 bits per heavy atom. The fourth-order valence-corrected chi connectivity index (χ4v) is 1.40. The van der Waals surface area contributed by atoms with Crippen molar-refractivity contribution in [1.29, 1.82) is 0 Å². The van der Waals surface area contributed by atoms with Crippen LogP contribution < -0.4 is 5.32 Å². The molecule has 84 valence electrons. The first kappa shape index (κ1) is 13.8. The molecule has 2 atom stereocenters. The van der Waals surface area contributed by atoms with Crippen LogP contribution in [-0.4, -0.2) is 17.8 Å². The fraction of sp³-hybridized carbons (Fsp3) is 0.909. The summed E-state index contributed by atoms with van der Waals surface area (Å²) in [5.74, 6) is 0.294. The number of amides is 1. The van der Waals surface area contributed by atoms with E-state index in [9.17, 15) is 4.79 Å². The summed E-state index contributed by atoms with van der Waals surface area (Å²) in [6, 6.07) is 0. The van der Waals surface area contributed by atoms with Gasteiger partial charge < -0.3 is 5.32 Å². The zero-order valence-corrected chi connectivity index (χ0v) is 10.2. The molecule has 3 heteroatoms. The summed E-state index contributed by atoms with van der Waals surface area (Å²) in [4.78, 5) is 11.4. The Hall–Kier alpha value is -0.240. The lowest BCUT2D eigenvalue weighted by Gasteiger charge is -2.12. The molecule has 0 fully saturated rings.